The van der Waals surface area contributed by atoms with Crippen molar-refractivity contribution in [2.75, 3.05) is 13.6 Å². The van der Waals surface area contributed by atoms with Crippen molar-refractivity contribution in [3.05, 3.63) is 23.7 Å². The van der Waals surface area contributed by atoms with Gasteiger partial charge in [-0.3, -0.25) is 4.79 Å². The molecule has 1 aromatic heterocycles. The van der Waals surface area contributed by atoms with Crippen molar-refractivity contribution in [3.8, 4) is 0 Å². The Morgan fingerprint density at radius 2 is 2.31 bits per heavy atom. The highest BCUT2D eigenvalue weighted by atomic mass is 16.3. The average molecular weight is 222 g/mol. The molecule has 1 saturated carbocycles. The number of rotatable bonds is 4. The molecule has 2 rings (SSSR count). The molecule has 1 fully saturated rings. The summed E-state index contributed by atoms with van der Waals surface area (Å²) in [5.74, 6) is 1.04. The van der Waals surface area contributed by atoms with Gasteiger partial charge in [0.25, 0.3) is 0 Å². The van der Waals surface area contributed by atoms with Gasteiger partial charge >= 0.3 is 0 Å². The highest BCUT2D eigenvalue weighted by Crippen LogP contribution is 2.46. The van der Waals surface area contributed by atoms with Crippen molar-refractivity contribution in [2.24, 2.45) is 11.1 Å². The predicted octanol–water partition coefficient (Wildman–Crippen LogP) is 1.29. The molecule has 1 aliphatic rings. The van der Waals surface area contributed by atoms with Crippen LogP contribution in [0.2, 0.25) is 0 Å². The summed E-state index contributed by atoms with van der Waals surface area (Å²) in [6.45, 7) is 2.97. The fraction of sp³-hybridized carbons (Fsp3) is 0.583. The molecule has 2 N–H and O–H groups in total. The molecule has 4 nitrogen and oxygen atoms in total. The second-order valence-corrected chi connectivity index (χ2v) is 4.65. The van der Waals surface area contributed by atoms with Crippen LogP contribution in [0.3, 0.4) is 0 Å². The smallest absolute Gasteiger partial charge is 0.230 e. The topological polar surface area (TPSA) is 59.5 Å². The number of furan rings is 1. The summed E-state index contributed by atoms with van der Waals surface area (Å²) in [6, 6.07) is 1.90. The minimum atomic E-state index is -0.258. The molecular weight excluding hydrogens is 204 g/mol. The number of nitrogens with two attached hydrogens (primary N) is 1. The maximum absolute atomic E-state index is 12.1. The summed E-state index contributed by atoms with van der Waals surface area (Å²) in [5.41, 5.74) is 6.45. The molecular formula is C12H18N2O2. The highest BCUT2D eigenvalue weighted by molar-refractivity contribution is 5.85. The molecule has 0 bridgehead atoms. The molecule has 16 heavy (non-hydrogen) atoms. The lowest BCUT2D eigenvalue weighted by molar-refractivity contribution is -0.135. The first-order valence-electron chi connectivity index (χ1n) is 5.58. The number of carbonyl (C=O) groups excluding carboxylic acids is 1. The normalized spacial score (nSPS) is 17.2. The van der Waals surface area contributed by atoms with Gasteiger partial charge in [-0.25, -0.2) is 0 Å². The fourth-order valence-electron chi connectivity index (χ4n) is 1.96. The van der Waals surface area contributed by atoms with E-state index in [1.165, 1.54) is 0 Å². The van der Waals surface area contributed by atoms with E-state index in [1.54, 1.807) is 11.2 Å². The molecule has 4 heteroatoms. The minimum absolute atomic E-state index is 0.163. The second kappa shape index (κ2) is 3.94. The summed E-state index contributed by atoms with van der Waals surface area (Å²) in [5, 5.41) is 0. The molecule has 0 unspecified atom stereocenters. The van der Waals surface area contributed by atoms with Crippen LogP contribution in [0.1, 0.15) is 24.2 Å². The Balaban J connectivity index is 2.01. The quantitative estimate of drug-likeness (QED) is 0.835. The Morgan fingerprint density at radius 3 is 2.75 bits per heavy atom. The third-order valence-corrected chi connectivity index (χ3v) is 3.42. The Bertz CT molecular complexity index is 393. The molecule has 1 amide bonds. The van der Waals surface area contributed by atoms with Crippen molar-refractivity contribution in [2.45, 2.75) is 26.3 Å². The maximum atomic E-state index is 12.1. The number of amides is 1. The first-order valence-corrected chi connectivity index (χ1v) is 5.58. The van der Waals surface area contributed by atoms with E-state index >= 15 is 0 Å². The standard InChI is InChI=1S/C12H18N2O2/c1-9-10(3-6-16-9)7-14(2)11(15)12(8-13)4-5-12/h3,6H,4-5,7-8,13H2,1-2H3. The zero-order valence-corrected chi connectivity index (χ0v) is 9.82. The lowest BCUT2D eigenvalue weighted by atomic mass is 10.1. The van der Waals surface area contributed by atoms with Crippen molar-refractivity contribution < 1.29 is 9.21 Å². The molecule has 0 atom stereocenters. The van der Waals surface area contributed by atoms with Crippen LogP contribution in [-0.4, -0.2) is 24.4 Å². The van der Waals surface area contributed by atoms with E-state index in [-0.39, 0.29) is 11.3 Å². The van der Waals surface area contributed by atoms with Crippen molar-refractivity contribution in [1.82, 2.24) is 4.90 Å². The molecule has 1 aliphatic carbocycles. The zero-order chi connectivity index (χ0) is 11.8. The van der Waals surface area contributed by atoms with Gasteiger partial charge in [-0.1, -0.05) is 0 Å². The number of hydrogen-bond acceptors (Lipinski definition) is 3. The Labute approximate surface area is 95.4 Å². The van der Waals surface area contributed by atoms with Crippen LogP contribution in [0, 0.1) is 12.3 Å². The van der Waals surface area contributed by atoms with E-state index < -0.39 is 0 Å². The fourth-order valence-corrected chi connectivity index (χ4v) is 1.96. The molecule has 0 saturated heterocycles. The number of hydrogen-bond donors (Lipinski definition) is 1. The van der Waals surface area contributed by atoms with Crippen LogP contribution in [0.4, 0.5) is 0 Å². The average Bonchev–Trinajstić information content (AvgIpc) is 2.99. The molecule has 1 heterocycles. The summed E-state index contributed by atoms with van der Waals surface area (Å²) in [7, 11) is 1.82. The highest BCUT2D eigenvalue weighted by Gasteiger charge is 2.49. The van der Waals surface area contributed by atoms with Gasteiger partial charge in [0.15, 0.2) is 0 Å². The van der Waals surface area contributed by atoms with E-state index in [1.807, 2.05) is 20.0 Å². The van der Waals surface area contributed by atoms with Crippen molar-refractivity contribution >= 4 is 5.91 Å². The largest absolute Gasteiger partial charge is 0.469 e. The van der Waals surface area contributed by atoms with E-state index in [9.17, 15) is 4.79 Å². The van der Waals surface area contributed by atoms with Gasteiger partial charge in [0.05, 0.1) is 11.7 Å². The summed E-state index contributed by atoms with van der Waals surface area (Å²) in [4.78, 5) is 13.9. The van der Waals surface area contributed by atoms with Crippen LogP contribution in [0.25, 0.3) is 0 Å². The summed E-state index contributed by atoms with van der Waals surface area (Å²) >= 11 is 0. The van der Waals surface area contributed by atoms with E-state index in [2.05, 4.69) is 0 Å². The van der Waals surface area contributed by atoms with Gasteiger partial charge < -0.3 is 15.1 Å². The first-order chi connectivity index (χ1) is 7.59. The van der Waals surface area contributed by atoms with Gasteiger partial charge in [0, 0.05) is 25.7 Å². The number of carbonyl (C=O) groups is 1. The summed E-state index contributed by atoms with van der Waals surface area (Å²) < 4.78 is 5.21. The van der Waals surface area contributed by atoms with Crippen molar-refractivity contribution in [3.63, 3.8) is 0 Å². The van der Waals surface area contributed by atoms with Crippen LogP contribution in [0.5, 0.6) is 0 Å². The predicted molar refractivity (Wildman–Crippen MR) is 60.6 cm³/mol. The van der Waals surface area contributed by atoms with Gasteiger partial charge in [-0.05, 0) is 25.8 Å². The van der Waals surface area contributed by atoms with Crippen LogP contribution < -0.4 is 5.73 Å². The SMILES string of the molecule is Cc1occc1CN(C)C(=O)C1(CN)CC1. The van der Waals surface area contributed by atoms with E-state index in [0.29, 0.717) is 13.1 Å². The second-order valence-electron chi connectivity index (χ2n) is 4.65. The Hall–Kier alpha value is -1.29. The first kappa shape index (κ1) is 11.2. The summed E-state index contributed by atoms with van der Waals surface area (Å²) in [6.07, 6.45) is 3.51. The lowest BCUT2D eigenvalue weighted by Gasteiger charge is -2.22. The monoisotopic (exact) mass is 222 g/mol. The van der Waals surface area contributed by atoms with Crippen LogP contribution >= 0.6 is 0 Å². The van der Waals surface area contributed by atoms with E-state index in [0.717, 1.165) is 24.2 Å². The maximum Gasteiger partial charge on any atom is 0.230 e. The molecule has 88 valence electrons. The third-order valence-electron chi connectivity index (χ3n) is 3.42. The number of nitrogens with zero attached hydrogens (tertiary/aromatic N) is 1. The van der Waals surface area contributed by atoms with E-state index in [4.69, 9.17) is 10.2 Å². The Kier molecular flexibility index (Phi) is 2.76. The van der Waals surface area contributed by atoms with Crippen LogP contribution in [0.15, 0.2) is 16.7 Å². The molecule has 0 aliphatic heterocycles. The molecule has 0 radical (unpaired) electrons. The van der Waals surface area contributed by atoms with Gasteiger partial charge in [-0.15, -0.1) is 0 Å². The van der Waals surface area contributed by atoms with Crippen LogP contribution in [-0.2, 0) is 11.3 Å². The van der Waals surface area contributed by atoms with Gasteiger partial charge in [0.1, 0.15) is 5.76 Å². The zero-order valence-electron chi connectivity index (χ0n) is 9.82. The Morgan fingerprint density at radius 1 is 1.62 bits per heavy atom. The molecule has 1 aromatic rings. The van der Waals surface area contributed by atoms with Gasteiger partial charge in [-0.2, -0.15) is 0 Å². The molecule has 0 spiro atoms. The van der Waals surface area contributed by atoms with Crippen molar-refractivity contribution in [1.29, 1.82) is 0 Å². The third kappa shape index (κ3) is 1.85. The lowest BCUT2D eigenvalue weighted by Crippen LogP contribution is -2.37. The number of aryl methyl sites for hydroxylation is 1. The molecule has 0 aromatic carbocycles. The minimum Gasteiger partial charge on any atom is -0.469 e. The van der Waals surface area contributed by atoms with Gasteiger partial charge in [0.2, 0.25) is 5.91 Å².